The van der Waals surface area contributed by atoms with E-state index in [1.54, 1.807) is 14.2 Å². The first-order valence-corrected chi connectivity index (χ1v) is 22.9. The Bertz CT molecular complexity index is 2840. The summed E-state index contributed by atoms with van der Waals surface area (Å²) in [5, 5.41) is 10.4. The Labute approximate surface area is 357 Å². The lowest BCUT2D eigenvalue weighted by atomic mass is 9.99. The molecule has 0 atom stereocenters. The van der Waals surface area contributed by atoms with E-state index in [4.69, 9.17) is 18.6 Å². The molecule has 20 heteroatoms. The quantitative estimate of drug-likeness (QED) is 0.0826. The van der Waals surface area contributed by atoms with Gasteiger partial charge in [0.1, 0.15) is 11.5 Å². The number of amides is 4. The summed E-state index contributed by atoms with van der Waals surface area (Å²) in [7, 11) is -0.150. The molecule has 4 amide bonds. The van der Waals surface area contributed by atoms with Gasteiger partial charge >= 0.3 is 0 Å². The molecule has 0 unspecified atom stereocenters. The number of rotatable bonds is 11. The van der Waals surface area contributed by atoms with Crippen LogP contribution in [0.1, 0.15) is 52.6 Å². The summed E-state index contributed by atoms with van der Waals surface area (Å²) in [6.07, 6.45) is 1.43. The van der Waals surface area contributed by atoms with Crippen molar-refractivity contribution in [3.05, 3.63) is 81.9 Å². The molecule has 0 saturated heterocycles. The highest BCUT2D eigenvalue weighted by Gasteiger charge is 2.39. The molecule has 0 spiro atoms. The van der Waals surface area contributed by atoms with Gasteiger partial charge in [-0.05, 0) is 73.5 Å². The first-order valence-electron chi connectivity index (χ1n) is 19.3. The summed E-state index contributed by atoms with van der Waals surface area (Å²) in [6.45, 7) is 6.28. The number of imide groups is 2. The number of hydrogen-bond acceptors (Lipinski definition) is 12. The highest BCUT2D eigenvalue weighted by atomic mass is 32.2. The Morgan fingerprint density at radius 3 is 1.21 bits per heavy atom. The van der Waals surface area contributed by atoms with E-state index in [2.05, 4.69) is 19.8 Å². The van der Waals surface area contributed by atoms with Crippen molar-refractivity contribution >= 4 is 87.5 Å². The zero-order chi connectivity index (χ0) is 45.6. The topological polar surface area (TPSA) is 236 Å². The minimum absolute atomic E-state index is 0.238. The number of methoxy groups -OCH3 is 2. The molecule has 2 aromatic heterocycles. The molecule has 0 radical (unpaired) electrons. The lowest BCUT2D eigenvalue weighted by Gasteiger charge is -2.16. The molecule has 6 aromatic rings. The number of carbonyl (C=O) groups is 4. The van der Waals surface area contributed by atoms with E-state index in [9.17, 15) is 36.0 Å². The van der Waals surface area contributed by atoms with Gasteiger partial charge in [-0.1, -0.05) is 0 Å². The molecule has 4 N–H and O–H groups in total. The third kappa shape index (κ3) is 8.88. The van der Waals surface area contributed by atoms with Gasteiger partial charge in [0.05, 0.1) is 60.0 Å². The number of ether oxygens (including phenoxy) is 2. The predicted octanol–water partition coefficient (Wildman–Crippen LogP) is 3.69. The van der Waals surface area contributed by atoms with Crippen LogP contribution in [-0.2, 0) is 34.3 Å². The van der Waals surface area contributed by atoms with Crippen LogP contribution in [0.5, 0.6) is 11.5 Å². The second kappa shape index (κ2) is 17.5. The second-order valence-electron chi connectivity index (χ2n) is 15.0. The predicted molar refractivity (Wildman–Crippen MR) is 235 cm³/mol. The zero-order valence-electron chi connectivity index (χ0n) is 35.4. The number of benzene rings is 4. The molecule has 4 heterocycles. The van der Waals surface area contributed by atoms with Crippen molar-refractivity contribution in [3.63, 3.8) is 0 Å². The highest BCUT2D eigenvalue weighted by molar-refractivity contribution is 7.85. The summed E-state index contributed by atoms with van der Waals surface area (Å²) >= 11 is 0. The summed E-state index contributed by atoms with van der Waals surface area (Å²) in [5.41, 5.74) is 7.21. The number of aromatic nitrogens is 2. The van der Waals surface area contributed by atoms with Crippen molar-refractivity contribution in [2.45, 2.75) is 13.8 Å². The highest BCUT2D eigenvalue weighted by Crippen LogP contribution is 2.40. The Morgan fingerprint density at radius 2 is 0.887 bits per heavy atom. The molecular formula is C42H48N6O12S2. The number of carbonyl (C=O) groups excluding carboxylic acids is 4. The monoisotopic (exact) mass is 892 g/mol. The lowest BCUT2D eigenvalue weighted by Crippen LogP contribution is -2.40. The van der Waals surface area contributed by atoms with Gasteiger partial charge in [-0.2, -0.15) is 16.8 Å². The van der Waals surface area contributed by atoms with Gasteiger partial charge in [-0.15, -0.1) is 0 Å². The van der Waals surface area contributed by atoms with E-state index >= 15 is 0 Å². The molecule has 0 aliphatic carbocycles. The maximum atomic E-state index is 13.5. The number of aryl methyl sites for hydroxylation is 4. The normalized spacial score (nSPS) is 13.8. The molecular weight excluding hydrogens is 845 g/mol. The smallest absolute Gasteiger partial charge is 0.261 e. The Kier molecular flexibility index (Phi) is 12.8. The van der Waals surface area contributed by atoms with E-state index in [1.165, 1.54) is 9.80 Å². The zero-order valence-corrected chi connectivity index (χ0v) is 37.1. The maximum Gasteiger partial charge on any atom is 0.261 e. The minimum Gasteiger partial charge on any atom is -0.497 e. The van der Waals surface area contributed by atoms with Crippen LogP contribution in [0.15, 0.2) is 48.5 Å². The first-order chi connectivity index (χ1) is 29.1. The summed E-state index contributed by atoms with van der Waals surface area (Å²) in [5.74, 6) is 0.319. The van der Waals surface area contributed by atoms with E-state index in [-0.39, 0.29) is 36.7 Å². The van der Waals surface area contributed by atoms with Gasteiger partial charge in [0, 0.05) is 85.9 Å². The van der Waals surface area contributed by atoms with Crippen molar-refractivity contribution in [3.8, 4) is 11.5 Å². The Balaban J connectivity index is 0.000000578. The fourth-order valence-electron chi connectivity index (χ4n) is 8.28. The largest absolute Gasteiger partial charge is 0.497 e. The van der Waals surface area contributed by atoms with Crippen LogP contribution in [-0.4, -0.2) is 135 Å². The van der Waals surface area contributed by atoms with Crippen LogP contribution in [0.25, 0.3) is 43.6 Å². The number of fused-ring (bicyclic) bond motifs is 8. The molecule has 0 bridgehead atoms. The SMILES string of the molecule is COc1ccc2c(c1)c1cc3c(c(C)c1n2C)C(=O)N(CCNCCNCCN1C(=O)c2cc4c5cc(OC)ccc5n(C)c4c(C)c2C1=O)C3=O.CS(=O)(=O)O.CS(=O)(=O)O. The summed E-state index contributed by atoms with van der Waals surface area (Å²) in [4.78, 5) is 56.6. The average molecular weight is 893 g/mol. The third-order valence-electron chi connectivity index (χ3n) is 10.8. The molecule has 330 valence electrons. The minimum atomic E-state index is -3.67. The van der Waals surface area contributed by atoms with Crippen LogP contribution in [0.2, 0.25) is 0 Å². The van der Waals surface area contributed by atoms with Gasteiger partial charge < -0.3 is 29.2 Å². The first kappa shape index (κ1) is 45.6. The molecule has 8 rings (SSSR count). The van der Waals surface area contributed by atoms with E-state index in [0.29, 0.717) is 60.9 Å². The van der Waals surface area contributed by atoms with Crippen molar-refractivity contribution in [1.29, 1.82) is 0 Å². The van der Waals surface area contributed by atoms with Crippen molar-refractivity contribution in [2.75, 3.05) is 66.0 Å². The Hall–Kier alpha value is -5.90. The number of nitrogens with zero attached hydrogens (tertiary/aromatic N) is 4. The van der Waals surface area contributed by atoms with Gasteiger partial charge in [0.25, 0.3) is 43.9 Å². The van der Waals surface area contributed by atoms with Crippen LogP contribution in [0, 0.1) is 13.8 Å². The molecule has 18 nitrogen and oxygen atoms in total. The molecule has 62 heavy (non-hydrogen) atoms. The fraction of sp³-hybridized carbons (Fsp3) is 0.333. The van der Waals surface area contributed by atoms with Crippen LogP contribution in [0.3, 0.4) is 0 Å². The fourth-order valence-corrected chi connectivity index (χ4v) is 8.28. The van der Waals surface area contributed by atoms with Crippen molar-refractivity contribution in [2.24, 2.45) is 14.1 Å². The van der Waals surface area contributed by atoms with E-state index < -0.39 is 20.2 Å². The lowest BCUT2D eigenvalue weighted by molar-refractivity contribution is 0.0638. The number of nitrogens with one attached hydrogen (secondary N) is 2. The van der Waals surface area contributed by atoms with Crippen LogP contribution in [0.4, 0.5) is 0 Å². The molecule has 0 saturated carbocycles. The standard InChI is InChI=1S/C40H40N6O6.2CH4O3S/c1-21-33-29(19-27-25-17-23(51-5)7-9-31(25)43(3)35(21)27)37(47)45(39(33)49)15-13-41-11-12-42-14-16-46-38(48)30-20-28-26-18-24(52-6)8-10-32(26)44(4)36(28)22(2)34(30)40(46)50;2*1-5(2,3)4/h7-10,17-20,41-42H,11-16H2,1-6H3;2*1H3,(H,2,3,4). The second-order valence-corrected chi connectivity index (χ2v) is 17.9. The molecule has 2 aliphatic rings. The van der Waals surface area contributed by atoms with Gasteiger partial charge in [0.2, 0.25) is 0 Å². The van der Waals surface area contributed by atoms with E-state index in [1.807, 2.05) is 76.5 Å². The summed E-state index contributed by atoms with van der Waals surface area (Å²) < 4.78 is 66.7. The van der Waals surface area contributed by atoms with Gasteiger partial charge in [-0.3, -0.25) is 38.1 Å². The maximum absolute atomic E-state index is 13.5. The van der Waals surface area contributed by atoms with E-state index in [0.717, 1.165) is 66.2 Å². The van der Waals surface area contributed by atoms with Crippen LogP contribution >= 0.6 is 0 Å². The van der Waals surface area contributed by atoms with Crippen LogP contribution < -0.4 is 20.1 Å². The molecule has 2 aliphatic heterocycles. The molecule has 4 aromatic carbocycles. The Morgan fingerprint density at radius 1 is 0.548 bits per heavy atom. The third-order valence-corrected chi connectivity index (χ3v) is 10.8. The summed E-state index contributed by atoms with van der Waals surface area (Å²) in [6, 6.07) is 15.4. The molecule has 0 fully saturated rings. The number of hydrogen-bond donors (Lipinski definition) is 4. The van der Waals surface area contributed by atoms with Crippen molar-refractivity contribution < 1.29 is 54.6 Å². The average Bonchev–Trinajstić information content (AvgIpc) is 3.82. The van der Waals surface area contributed by atoms with Crippen molar-refractivity contribution in [1.82, 2.24) is 29.6 Å². The van der Waals surface area contributed by atoms with Gasteiger partial charge in [-0.25, -0.2) is 0 Å². The van der Waals surface area contributed by atoms with Gasteiger partial charge in [0.15, 0.2) is 0 Å².